The van der Waals surface area contributed by atoms with Crippen LogP contribution in [0.3, 0.4) is 0 Å². The van der Waals surface area contributed by atoms with Crippen molar-refractivity contribution in [3.05, 3.63) is 16.0 Å². The summed E-state index contributed by atoms with van der Waals surface area (Å²) in [7, 11) is 0. The van der Waals surface area contributed by atoms with E-state index in [1.54, 1.807) is 0 Å². The lowest BCUT2D eigenvalue weighted by Crippen LogP contribution is -2.39. The number of hydrogen-bond acceptors (Lipinski definition) is 6. The average Bonchev–Trinajstić information content (AvgIpc) is 3.18. The number of thiophene rings is 1. The second-order valence-corrected chi connectivity index (χ2v) is 8.20. The van der Waals surface area contributed by atoms with Gasteiger partial charge in [-0.25, -0.2) is 0 Å². The minimum absolute atomic E-state index is 0.0543. The molecule has 0 bridgehead atoms. The van der Waals surface area contributed by atoms with Gasteiger partial charge in [0.05, 0.1) is 23.9 Å². The Hall–Kier alpha value is -1.97. The average molecular weight is 381 g/mol. The number of nitrogens with two attached hydrogens (primary N) is 1. The maximum atomic E-state index is 12.2. The minimum Gasteiger partial charge on any atom is -0.376 e. The third-order valence-corrected chi connectivity index (χ3v) is 5.60. The number of ether oxygens (including phenoxy) is 2. The summed E-state index contributed by atoms with van der Waals surface area (Å²) in [5.41, 5.74) is 6.16. The van der Waals surface area contributed by atoms with E-state index in [0.717, 1.165) is 23.3 Å². The number of hydrogen-bond donors (Lipinski definition) is 3. The molecule has 0 saturated carbocycles. The van der Waals surface area contributed by atoms with Crippen LogP contribution in [0.1, 0.15) is 47.5 Å². The van der Waals surface area contributed by atoms with Crippen molar-refractivity contribution in [2.24, 2.45) is 5.73 Å². The fraction of sp³-hybridized carbons (Fsp3) is 0.588. The molecule has 9 heteroatoms. The second-order valence-electron chi connectivity index (χ2n) is 7.10. The number of rotatable bonds is 4. The first-order chi connectivity index (χ1) is 12.3. The number of anilines is 1. The van der Waals surface area contributed by atoms with Crippen molar-refractivity contribution in [2.45, 2.75) is 51.4 Å². The SMILES string of the molecule is CC1(C)Cc2c(sc(NC(=O)C(=O)NC[C@H]3CCCO3)c2C(N)=O)CO1. The zero-order chi connectivity index (χ0) is 18.9. The summed E-state index contributed by atoms with van der Waals surface area (Å²) in [5, 5.41) is 5.37. The van der Waals surface area contributed by atoms with Crippen molar-refractivity contribution < 1.29 is 23.9 Å². The first kappa shape index (κ1) is 18.8. The number of amides is 3. The quantitative estimate of drug-likeness (QED) is 0.670. The maximum absolute atomic E-state index is 12.2. The van der Waals surface area contributed by atoms with Crippen LogP contribution in [-0.4, -0.2) is 42.6 Å². The van der Waals surface area contributed by atoms with Crippen LogP contribution in [0.2, 0.25) is 0 Å². The summed E-state index contributed by atoms with van der Waals surface area (Å²) in [5.74, 6) is -2.22. The number of primary amides is 1. The Kier molecular flexibility index (Phi) is 5.31. The van der Waals surface area contributed by atoms with Crippen molar-refractivity contribution in [3.8, 4) is 0 Å². The third kappa shape index (κ3) is 4.05. The number of carbonyl (C=O) groups excluding carboxylic acids is 3. The smallest absolute Gasteiger partial charge is 0.314 e. The van der Waals surface area contributed by atoms with E-state index in [4.69, 9.17) is 15.2 Å². The van der Waals surface area contributed by atoms with E-state index in [2.05, 4.69) is 10.6 Å². The summed E-state index contributed by atoms with van der Waals surface area (Å²) in [6.45, 7) is 5.16. The predicted molar refractivity (Wildman–Crippen MR) is 96.0 cm³/mol. The van der Waals surface area contributed by atoms with Crippen LogP contribution in [0.5, 0.6) is 0 Å². The van der Waals surface area contributed by atoms with E-state index in [1.807, 2.05) is 13.8 Å². The van der Waals surface area contributed by atoms with Crippen LogP contribution in [0.4, 0.5) is 5.00 Å². The van der Waals surface area contributed by atoms with E-state index < -0.39 is 23.3 Å². The Morgan fingerprint density at radius 3 is 2.73 bits per heavy atom. The maximum Gasteiger partial charge on any atom is 0.314 e. The molecule has 0 spiro atoms. The molecular weight excluding hydrogens is 358 g/mol. The molecule has 1 fully saturated rings. The zero-order valence-corrected chi connectivity index (χ0v) is 15.7. The topological polar surface area (TPSA) is 120 Å². The first-order valence-electron chi connectivity index (χ1n) is 8.56. The molecule has 1 aromatic heterocycles. The molecule has 26 heavy (non-hydrogen) atoms. The van der Waals surface area contributed by atoms with E-state index in [-0.39, 0.29) is 18.2 Å². The zero-order valence-electron chi connectivity index (χ0n) is 14.8. The molecule has 142 valence electrons. The number of carbonyl (C=O) groups is 3. The Morgan fingerprint density at radius 2 is 2.08 bits per heavy atom. The molecular formula is C17H23N3O5S. The van der Waals surface area contributed by atoms with Crippen molar-refractivity contribution in [1.82, 2.24) is 5.32 Å². The first-order valence-corrected chi connectivity index (χ1v) is 9.37. The van der Waals surface area contributed by atoms with E-state index >= 15 is 0 Å². The summed E-state index contributed by atoms with van der Waals surface area (Å²) in [6, 6.07) is 0. The molecule has 3 heterocycles. The van der Waals surface area contributed by atoms with Crippen LogP contribution in [0.25, 0.3) is 0 Å². The Morgan fingerprint density at radius 1 is 1.31 bits per heavy atom. The van der Waals surface area contributed by atoms with Gasteiger partial charge in [0.25, 0.3) is 5.91 Å². The molecule has 8 nitrogen and oxygen atoms in total. The Bertz CT molecular complexity index is 737. The van der Waals surface area contributed by atoms with Gasteiger partial charge in [-0.15, -0.1) is 11.3 Å². The van der Waals surface area contributed by atoms with Gasteiger partial charge in [0, 0.05) is 24.4 Å². The fourth-order valence-corrected chi connectivity index (χ4v) is 4.29. The molecule has 4 N–H and O–H groups in total. The van der Waals surface area contributed by atoms with E-state index in [0.29, 0.717) is 24.6 Å². The highest BCUT2D eigenvalue weighted by Gasteiger charge is 2.33. The lowest BCUT2D eigenvalue weighted by molar-refractivity contribution is -0.136. The van der Waals surface area contributed by atoms with Gasteiger partial charge < -0.3 is 25.8 Å². The fourth-order valence-electron chi connectivity index (χ4n) is 3.15. The van der Waals surface area contributed by atoms with Crippen molar-refractivity contribution in [2.75, 3.05) is 18.5 Å². The van der Waals surface area contributed by atoms with Gasteiger partial charge in [0.2, 0.25) is 0 Å². The lowest BCUT2D eigenvalue weighted by atomic mass is 9.93. The van der Waals surface area contributed by atoms with E-state index in [1.165, 1.54) is 11.3 Å². The molecule has 1 aromatic rings. The highest BCUT2D eigenvalue weighted by Crippen LogP contribution is 2.40. The summed E-state index contributed by atoms with van der Waals surface area (Å²) < 4.78 is 11.1. The van der Waals surface area contributed by atoms with Crippen LogP contribution in [0, 0.1) is 0 Å². The van der Waals surface area contributed by atoms with Gasteiger partial charge in [-0.2, -0.15) is 0 Å². The van der Waals surface area contributed by atoms with Gasteiger partial charge in [-0.3, -0.25) is 14.4 Å². The highest BCUT2D eigenvalue weighted by molar-refractivity contribution is 7.17. The van der Waals surface area contributed by atoms with Gasteiger partial charge in [-0.1, -0.05) is 0 Å². The molecule has 2 aliphatic rings. The third-order valence-electron chi connectivity index (χ3n) is 4.48. The normalized spacial score (nSPS) is 21.1. The molecule has 3 rings (SSSR count). The predicted octanol–water partition coefficient (Wildman–Crippen LogP) is 0.932. The standard InChI is InChI=1S/C17H23N3O5S/c1-17(2)6-10-11(8-25-17)26-16(12(10)13(18)21)20-15(23)14(22)19-7-9-4-3-5-24-9/h9H,3-8H2,1-2H3,(H2,18,21)(H,19,22)(H,20,23)/t9-/m1/s1. The Labute approximate surface area is 155 Å². The van der Waals surface area contributed by atoms with Gasteiger partial charge in [-0.05, 0) is 32.3 Å². The Balaban J connectivity index is 1.70. The molecule has 0 unspecified atom stereocenters. The molecule has 0 aromatic carbocycles. The summed E-state index contributed by atoms with van der Waals surface area (Å²) in [6.07, 6.45) is 2.27. The minimum atomic E-state index is -0.829. The van der Waals surface area contributed by atoms with Gasteiger partial charge in [0.15, 0.2) is 0 Å². The van der Waals surface area contributed by atoms with Crippen molar-refractivity contribution >= 4 is 34.1 Å². The monoisotopic (exact) mass is 381 g/mol. The van der Waals surface area contributed by atoms with Crippen LogP contribution in [0.15, 0.2) is 0 Å². The van der Waals surface area contributed by atoms with Gasteiger partial charge >= 0.3 is 11.8 Å². The van der Waals surface area contributed by atoms with Crippen LogP contribution >= 0.6 is 11.3 Å². The molecule has 0 aliphatic carbocycles. The second kappa shape index (κ2) is 7.34. The molecule has 2 aliphatic heterocycles. The van der Waals surface area contributed by atoms with Crippen LogP contribution in [-0.2, 0) is 32.1 Å². The molecule has 1 saturated heterocycles. The molecule has 0 radical (unpaired) electrons. The van der Waals surface area contributed by atoms with Crippen molar-refractivity contribution in [1.29, 1.82) is 0 Å². The van der Waals surface area contributed by atoms with Gasteiger partial charge in [0.1, 0.15) is 5.00 Å². The number of fused-ring (bicyclic) bond motifs is 1. The summed E-state index contributed by atoms with van der Waals surface area (Å²) in [4.78, 5) is 37.0. The largest absolute Gasteiger partial charge is 0.376 e. The highest BCUT2D eigenvalue weighted by atomic mass is 32.1. The van der Waals surface area contributed by atoms with Crippen LogP contribution < -0.4 is 16.4 Å². The summed E-state index contributed by atoms with van der Waals surface area (Å²) >= 11 is 1.22. The van der Waals surface area contributed by atoms with E-state index in [9.17, 15) is 14.4 Å². The number of nitrogens with one attached hydrogen (secondary N) is 2. The van der Waals surface area contributed by atoms with Crippen molar-refractivity contribution in [3.63, 3.8) is 0 Å². The lowest BCUT2D eigenvalue weighted by Gasteiger charge is -2.30. The molecule has 3 amide bonds. The molecule has 1 atom stereocenters.